The number of aryl methyl sites for hydroxylation is 1. The molecule has 4 heterocycles. The van der Waals surface area contributed by atoms with E-state index < -0.39 is 17.8 Å². The topological polar surface area (TPSA) is 125 Å². The van der Waals surface area contributed by atoms with E-state index in [9.17, 15) is 9.59 Å². The molecule has 0 radical (unpaired) electrons. The lowest BCUT2D eigenvalue weighted by Crippen LogP contribution is -2.29. The second-order valence-electron chi connectivity index (χ2n) is 9.26. The van der Waals surface area contributed by atoms with Crippen molar-refractivity contribution in [1.82, 2.24) is 19.7 Å². The van der Waals surface area contributed by atoms with E-state index >= 15 is 0 Å². The van der Waals surface area contributed by atoms with Crippen LogP contribution in [0.5, 0.6) is 5.88 Å². The molecule has 0 spiro atoms. The van der Waals surface area contributed by atoms with Gasteiger partial charge in [0.15, 0.2) is 0 Å². The van der Waals surface area contributed by atoms with Crippen LogP contribution in [-0.4, -0.2) is 38.2 Å². The van der Waals surface area contributed by atoms with Crippen molar-refractivity contribution < 1.29 is 19.1 Å². The van der Waals surface area contributed by atoms with Crippen molar-refractivity contribution in [2.45, 2.75) is 19.8 Å². The second-order valence-corrected chi connectivity index (χ2v) is 9.70. The summed E-state index contributed by atoms with van der Waals surface area (Å²) in [6.07, 6.45) is 3.04. The lowest BCUT2D eigenvalue weighted by atomic mass is 9.81. The summed E-state index contributed by atoms with van der Waals surface area (Å²) >= 11 is 6.47. The summed E-state index contributed by atoms with van der Waals surface area (Å²) < 4.78 is 12.6. The molecule has 6 rings (SSSR count). The van der Waals surface area contributed by atoms with Gasteiger partial charge in [-0.15, -0.1) is 0 Å². The predicted octanol–water partition coefficient (Wildman–Crippen LogP) is 5.33. The monoisotopic (exact) mass is 553 g/mol. The fourth-order valence-corrected chi connectivity index (χ4v) is 5.35. The van der Waals surface area contributed by atoms with Crippen LogP contribution in [0.2, 0.25) is 5.02 Å². The molecule has 40 heavy (non-hydrogen) atoms. The molecule has 0 amide bonds. The van der Waals surface area contributed by atoms with Gasteiger partial charge >= 0.3 is 5.97 Å². The third-order valence-corrected chi connectivity index (χ3v) is 7.11. The summed E-state index contributed by atoms with van der Waals surface area (Å²) in [4.78, 5) is 34.5. The normalized spacial score (nSPS) is 14.6. The summed E-state index contributed by atoms with van der Waals surface area (Å²) in [5.41, 5.74) is 11.2. The number of esters is 1. The highest BCUT2D eigenvalue weighted by atomic mass is 35.5. The van der Waals surface area contributed by atoms with Crippen molar-refractivity contribution in [1.29, 1.82) is 0 Å². The molecule has 0 saturated heterocycles. The van der Waals surface area contributed by atoms with Crippen molar-refractivity contribution >= 4 is 34.4 Å². The van der Waals surface area contributed by atoms with Crippen LogP contribution < -0.4 is 10.5 Å². The van der Waals surface area contributed by atoms with Crippen LogP contribution in [-0.2, 0) is 9.53 Å². The predicted molar refractivity (Wildman–Crippen MR) is 150 cm³/mol. The lowest BCUT2D eigenvalue weighted by Gasteiger charge is -2.27. The van der Waals surface area contributed by atoms with Gasteiger partial charge in [-0.05, 0) is 55.3 Å². The van der Waals surface area contributed by atoms with Crippen LogP contribution in [0.1, 0.15) is 40.0 Å². The molecule has 0 fully saturated rings. The molecule has 0 aliphatic carbocycles. The number of nitrogens with zero attached hydrogens (tertiary/aromatic N) is 3. The summed E-state index contributed by atoms with van der Waals surface area (Å²) in [6, 6.07) is 18.4. The second kappa shape index (κ2) is 10.0. The zero-order chi connectivity index (χ0) is 28.0. The van der Waals surface area contributed by atoms with Gasteiger partial charge in [-0.2, -0.15) is 9.78 Å². The van der Waals surface area contributed by atoms with Crippen molar-refractivity contribution in [3.8, 4) is 17.1 Å². The molecule has 1 atom stereocenters. The van der Waals surface area contributed by atoms with Crippen LogP contribution in [0, 0.1) is 6.92 Å². The Morgan fingerprint density at radius 2 is 1.85 bits per heavy atom. The van der Waals surface area contributed by atoms with Crippen molar-refractivity contribution in [2.75, 3.05) is 6.61 Å². The van der Waals surface area contributed by atoms with Crippen molar-refractivity contribution in [2.24, 2.45) is 5.73 Å². The molecule has 1 unspecified atom stereocenters. The van der Waals surface area contributed by atoms with E-state index in [1.54, 1.807) is 32.0 Å². The number of halogens is 1. The summed E-state index contributed by atoms with van der Waals surface area (Å²) in [5.74, 6) is -1.88. The zero-order valence-electron chi connectivity index (χ0n) is 21.6. The first-order chi connectivity index (χ1) is 19.4. The molecule has 1 aliphatic heterocycles. The molecule has 2 aromatic carbocycles. The van der Waals surface area contributed by atoms with Crippen LogP contribution in [0.15, 0.2) is 84.5 Å². The first-order valence-electron chi connectivity index (χ1n) is 12.6. The van der Waals surface area contributed by atoms with E-state index in [0.717, 1.165) is 27.7 Å². The number of nitrogens with two attached hydrogens (primary N) is 1. The molecule has 3 N–H and O–H groups in total. The molecule has 9 nitrogen and oxygen atoms in total. The van der Waals surface area contributed by atoms with Crippen LogP contribution in [0.25, 0.3) is 22.2 Å². The quantitative estimate of drug-likeness (QED) is 0.282. The number of benzene rings is 2. The van der Waals surface area contributed by atoms with E-state index in [2.05, 4.69) is 15.1 Å². The number of aromatic amines is 1. The third kappa shape index (κ3) is 4.11. The maximum absolute atomic E-state index is 13.5. The van der Waals surface area contributed by atoms with Crippen molar-refractivity contribution in [3.63, 3.8) is 0 Å². The van der Waals surface area contributed by atoms with Crippen molar-refractivity contribution in [3.05, 3.63) is 112 Å². The molecular formula is C30H24ClN5O4. The number of carbonyl (C=O) groups excluding carboxylic acids is 2. The molecule has 0 saturated carbocycles. The summed E-state index contributed by atoms with van der Waals surface area (Å²) in [7, 11) is 0. The molecule has 0 bridgehead atoms. The SMILES string of the molecule is CCOC(=O)C1=C(N)Oc2c(c(C)nn2C(=O)c2ccncc2)C1c1c(-c2ccccc2)[nH]c2ccc(Cl)cc12. The zero-order valence-corrected chi connectivity index (χ0v) is 22.4. The molecule has 200 valence electrons. The Morgan fingerprint density at radius 3 is 2.58 bits per heavy atom. The van der Waals surface area contributed by atoms with E-state index in [0.29, 0.717) is 21.8 Å². The first kappa shape index (κ1) is 25.4. The van der Waals surface area contributed by atoms with Gasteiger partial charge in [-0.25, -0.2) is 4.79 Å². The highest BCUT2D eigenvalue weighted by Crippen LogP contribution is 2.49. The lowest BCUT2D eigenvalue weighted by molar-refractivity contribution is -0.139. The van der Waals surface area contributed by atoms with Gasteiger partial charge in [0.05, 0.1) is 29.5 Å². The smallest absolute Gasteiger partial charge is 0.340 e. The number of rotatable bonds is 5. The van der Waals surface area contributed by atoms with Crippen LogP contribution in [0.3, 0.4) is 0 Å². The number of aromatic nitrogens is 4. The number of ether oxygens (including phenoxy) is 2. The van der Waals surface area contributed by atoms with E-state index in [1.807, 2.05) is 42.5 Å². The molecule has 10 heteroatoms. The van der Waals surface area contributed by atoms with Gasteiger partial charge in [0.1, 0.15) is 5.57 Å². The van der Waals surface area contributed by atoms with Gasteiger partial charge in [0.25, 0.3) is 5.91 Å². The maximum atomic E-state index is 13.5. The standard InChI is InChI=1S/C30H24ClN5O4/c1-3-39-30(38)25-24(23-20-15-19(31)9-10-21(20)34-26(23)17-7-5-4-6-8-17)22-16(2)35-36(29(22)40-27(25)32)28(37)18-11-13-33-14-12-18/h4-15,24,34H,3,32H2,1-2H3. The Kier molecular flexibility index (Phi) is 6.36. The van der Waals surface area contributed by atoms with E-state index in [4.69, 9.17) is 26.8 Å². The molecular weight excluding hydrogens is 530 g/mol. The third-order valence-electron chi connectivity index (χ3n) is 6.88. The minimum atomic E-state index is -0.788. The fourth-order valence-electron chi connectivity index (χ4n) is 5.18. The van der Waals surface area contributed by atoms with Gasteiger partial charge in [-0.3, -0.25) is 9.78 Å². The highest BCUT2D eigenvalue weighted by molar-refractivity contribution is 6.31. The minimum Gasteiger partial charge on any atom is -0.462 e. The molecule has 3 aromatic heterocycles. The summed E-state index contributed by atoms with van der Waals surface area (Å²) in [5, 5.41) is 5.86. The van der Waals surface area contributed by atoms with E-state index in [1.165, 1.54) is 17.1 Å². The summed E-state index contributed by atoms with van der Waals surface area (Å²) in [6.45, 7) is 3.62. The number of nitrogens with one attached hydrogen (secondary N) is 1. The Balaban J connectivity index is 1.67. The first-order valence-corrected chi connectivity index (χ1v) is 13.0. The highest BCUT2D eigenvalue weighted by Gasteiger charge is 2.42. The number of H-pyrrole nitrogens is 1. The number of fused-ring (bicyclic) bond motifs is 2. The van der Waals surface area contributed by atoms with Crippen LogP contribution >= 0.6 is 11.6 Å². The Labute approximate surface area is 234 Å². The largest absolute Gasteiger partial charge is 0.462 e. The van der Waals surface area contributed by atoms with E-state index in [-0.39, 0.29) is 23.9 Å². The minimum absolute atomic E-state index is 0.117. The Morgan fingerprint density at radius 1 is 1.10 bits per heavy atom. The number of hydrogen-bond donors (Lipinski definition) is 2. The fraction of sp³-hybridized carbons (Fsp3) is 0.133. The number of hydrogen-bond acceptors (Lipinski definition) is 7. The Hall–Kier alpha value is -4.89. The van der Waals surface area contributed by atoms with Gasteiger partial charge in [0, 0.05) is 33.9 Å². The average molecular weight is 554 g/mol. The Bertz CT molecular complexity index is 1810. The van der Waals surface area contributed by atoms with Gasteiger partial charge in [-0.1, -0.05) is 41.9 Å². The average Bonchev–Trinajstić information content (AvgIpc) is 3.50. The van der Waals surface area contributed by atoms with Gasteiger partial charge in [0.2, 0.25) is 11.8 Å². The van der Waals surface area contributed by atoms with Crippen LogP contribution in [0.4, 0.5) is 0 Å². The number of carbonyl (C=O) groups is 2. The maximum Gasteiger partial charge on any atom is 0.340 e. The molecule has 1 aliphatic rings. The molecule has 5 aromatic rings. The number of pyridine rings is 1. The van der Waals surface area contributed by atoms with Gasteiger partial charge < -0.3 is 20.2 Å².